The van der Waals surface area contributed by atoms with Gasteiger partial charge in [-0.2, -0.15) is 0 Å². The third kappa shape index (κ3) is 2.63. The molecule has 0 amide bonds. The molecule has 3 aromatic rings. The summed E-state index contributed by atoms with van der Waals surface area (Å²) in [5.41, 5.74) is 1.53. The monoisotopic (exact) mass is 327 g/mol. The molecule has 0 aliphatic carbocycles. The van der Waals surface area contributed by atoms with Crippen LogP contribution in [-0.2, 0) is 0 Å². The Kier molecular flexibility index (Phi) is 3.62. The number of anilines is 1. The van der Waals surface area contributed by atoms with Crippen molar-refractivity contribution in [2.75, 3.05) is 18.0 Å². The molecule has 23 heavy (non-hydrogen) atoms. The topological polar surface area (TPSA) is 29.0 Å². The van der Waals surface area contributed by atoms with Crippen LogP contribution in [0.3, 0.4) is 0 Å². The number of nitrogens with zero attached hydrogens (tertiary/aromatic N) is 3. The second-order valence-corrected chi connectivity index (χ2v) is 6.11. The Morgan fingerprint density at radius 3 is 2.57 bits per heavy atom. The lowest BCUT2D eigenvalue weighted by Gasteiger charge is -2.19. The fourth-order valence-corrected chi connectivity index (χ4v) is 3.24. The highest BCUT2D eigenvalue weighted by Crippen LogP contribution is 2.32. The van der Waals surface area contributed by atoms with Gasteiger partial charge in [0.15, 0.2) is 5.82 Å². The first-order chi connectivity index (χ1) is 11.2. The van der Waals surface area contributed by atoms with E-state index in [4.69, 9.17) is 16.6 Å². The minimum atomic E-state index is -0.271. The van der Waals surface area contributed by atoms with Crippen LogP contribution in [0.25, 0.3) is 22.3 Å². The molecule has 0 radical (unpaired) electrons. The first-order valence-corrected chi connectivity index (χ1v) is 8.07. The van der Waals surface area contributed by atoms with E-state index in [1.54, 1.807) is 6.07 Å². The fourth-order valence-electron chi connectivity index (χ4n) is 3.02. The van der Waals surface area contributed by atoms with Crippen LogP contribution in [0.1, 0.15) is 12.8 Å². The second kappa shape index (κ2) is 5.78. The normalized spacial score (nSPS) is 14.6. The lowest BCUT2D eigenvalue weighted by molar-refractivity contribution is 0.629. The van der Waals surface area contributed by atoms with Crippen LogP contribution in [0.15, 0.2) is 42.5 Å². The van der Waals surface area contributed by atoms with Crippen molar-refractivity contribution in [1.29, 1.82) is 0 Å². The molecule has 0 atom stereocenters. The molecule has 0 bridgehead atoms. The van der Waals surface area contributed by atoms with E-state index in [-0.39, 0.29) is 5.82 Å². The third-order valence-corrected chi connectivity index (χ3v) is 4.49. The molecule has 116 valence electrons. The van der Waals surface area contributed by atoms with E-state index in [1.165, 1.54) is 12.1 Å². The van der Waals surface area contributed by atoms with Crippen molar-refractivity contribution in [2.45, 2.75) is 12.8 Å². The summed E-state index contributed by atoms with van der Waals surface area (Å²) in [5, 5.41) is 1.36. The van der Waals surface area contributed by atoms with Gasteiger partial charge >= 0.3 is 0 Å². The molecule has 0 unspecified atom stereocenters. The van der Waals surface area contributed by atoms with Gasteiger partial charge in [-0.3, -0.25) is 0 Å². The van der Waals surface area contributed by atoms with Crippen molar-refractivity contribution in [1.82, 2.24) is 9.97 Å². The Hall–Kier alpha value is -2.20. The number of aromatic nitrogens is 2. The summed E-state index contributed by atoms with van der Waals surface area (Å²) in [5.74, 6) is 1.10. The Morgan fingerprint density at radius 2 is 1.78 bits per heavy atom. The minimum absolute atomic E-state index is 0.271. The fraction of sp³-hybridized carbons (Fsp3) is 0.222. The molecule has 1 saturated heterocycles. The van der Waals surface area contributed by atoms with E-state index in [0.29, 0.717) is 10.8 Å². The van der Waals surface area contributed by atoms with Crippen molar-refractivity contribution in [3.63, 3.8) is 0 Å². The molecular weight excluding hydrogens is 313 g/mol. The number of rotatable bonds is 2. The van der Waals surface area contributed by atoms with Crippen molar-refractivity contribution in [3.05, 3.63) is 53.3 Å². The predicted octanol–water partition coefficient (Wildman–Crippen LogP) is 4.69. The summed E-state index contributed by atoms with van der Waals surface area (Å²) in [6.45, 7) is 1.87. The molecule has 0 spiro atoms. The SMILES string of the molecule is Fc1ccc2nc(-c3ccccc3Cl)nc(N3CCCC3)c2c1. The van der Waals surface area contributed by atoms with Gasteiger partial charge < -0.3 is 4.90 Å². The molecule has 0 N–H and O–H groups in total. The maximum absolute atomic E-state index is 13.7. The summed E-state index contributed by atoms with van der Waals surface area (Å²) >= 11 is 6.29. The highest BCUT2D eigenvalue weighted by molar-refractivity contribution is 6.33. The summed E-state index contributed by atoms with van der Waals surface area (Å²) in [7, 11) is 0. The summed E-state index contributed by atoms with van der Waals surface area (Å²) < 4.78 is 13.7. The first kappa shape index (κ1) is 14.4. The molecular formula is C18H15ClFN3. The Morgan fingerprint density at radius 1 is 1.00 bits per heavy atom. The Balaban J connectivity index is 1.96. The first-order valence-electron chi connectivity index (χ1n) is 7.69. The van der Waals surface area contributed by atoms with Gasteiger partial charge in [-0.05, 0) is 43.2 Å². The predicted molar refractivity (Wildman–Crippen MR) is 91.4 cm³/mol. The van der Waals surface area contributed by atoms with Crippen LogP contribution in [0.2, 0.25) is 5.02 Å². The molecule has 1 aliphatic heterocycles. The van der Waals surface area contributed by atoms with Crippen molar-refractivity contribution in [2.24, 2.45) is 0 Å². The quantitative estimate of drug-likeness (QED) is 0.683. The summed E-state index contributed by atoms with van der Waals surface area (Å²) in [6.07, 6.45) is 2.25. The van der Waals surface area contributed by atoms with Gasteiger partial charge in [-0.1, -0.05) is 23.7 Å². The third-order valence-electron chi connectivity index (χ3n) is 4.16. The number of halogens is 2. The zero-order valence-corrected chi connectivity index (χ0v) is 13.2. The smallest absolute Gasteiger partial charge is 0.163 e. The van der Waals surface area contributed by atoms with Crippen molar-refractivity contribution >= 4 is 28.3 Å². The largest absolute Gasteiger partial charge is 0.356 e. The number of hydrogen-bond acceptors (Lipinski definition) is 3. The van der Waals surface area contributed by atoms with Crippen LogP contribution < -0.4 is 4.90 Å². The molecule has 0 saturated carbocycles. The Labute approximate surface area is 138 Å². The molecule has 3 nitrogen and oxygen atoms in total. The van der Waals surface area contributed by atoms with Crippen molar-refractivity contribution in [3.8, 4) is 11.4 Å². The van der Waals surface area contributed by atoms with Gasteiger partial charge in [0.1, 0.15) is 11.6 Å². The van der Waals surface area contributed by atoms with Gasteiger partial charge in [0.2, 0.25) is 0 Å². The van der Waals surface area contributed by atoms with Gasteiger partial charge in [0.25, 0.3) is 0 Å². The molecule has 2 heterocycles. The zero-order chi connectivity index (χ0) is 15.8. The minimum Gasteiger partial charge on any atom is -0.356 e. The lowest BCUT2D eigenvalue weighted by Crippen LogP contribution is -2.20. The molecule has 1 aliphatic rings. The number of benzene rings is 2. The van der Waals surface area contributed by atoms with E-state index in [0.717, 1.165) is 48.2 Å². The number of hydrogen-bond donors (Lipinski definition) is 0. The van der Waals surface area contributed by atoms with Crippen LogP contribution in [0.4, 0.5) is 10.2 Å². The Bertz CT molecular complexity index is 875. The molecule has 1 fully saturated rings. The van der Waals surface area contributed by atoms with E-state index in [2.05, 4.69) is 9.88 Å². The highest BCUT2D eigenvalue weighted by Gasteiger charge is 2.19. The van der Waals surface area contributed by atoms with E-state index < -0.39 is 0 Å². The van der Waals surface area contributed by atoms with Crippen molar-refractivity contribution < 1.29 is 4.39 Å². The van der Waals surface area contributed by atoms with E-state index in [1.807, 2.05) is 24.3 Å². The molecule has 2 aromatic carbocycles. The average Bonchev–Trinajstić information content (AvgIpc) is 3.09. The maximum atomic E-state index is 13.7. The molecule has 4 rings (SSSR count). The van der Waals surface area contributed by atoms with E-state index >= 15 is 0 Å². The van der Waals surface area contributed by atoms with Crippen LogP contribution in [0, 0.1) is 5.82 Å². The van der Waals surface area contributed by atoms with Crippen LogP contribution in [0.5, 0.6) is 0 Å². The van der Waals surface area contributed by atoms with E-state index in [9.17, 15) is 4.39 Å². The zero-order valence-electron chi connectivity index (χ0n) is 12.5. The summed E-state index contributed by atoms with van der Waals surface area (Å²) in [4.78, 5) is 11.5. The molecule has 5 heteroatoms. The van der Waals surface area contributed by atoms with Crippen LogP contribution >= 0.6 is 11.6 Å². The van der Waals surface area contributed by atoms with Crippen LogP contribution in [-0.4, -0.2) is 23.1 Å². The summed E-state index contributed by atoms with van der Waals surface area (Å²) in [6, 6.07) is 12.2. The number of fused-ring (bicyclic) bond motifs is 1. The van der Waals surface area contributed by atoms with Gasteiger partial charge in [0.05, 0.1) is 10.5 Å². The second-order valence-electron chi connectivity index (χ2n) is 5.71. The highest BCUT2D eigenvalue weighted by atomic mass is 35.5. The lowest BCUT2D eigenvalue weighted by atomic mass is 10.1. The average molecular weight is 328 g/mol. The van der Waals surface area contributed by atoms with Gasteiger partial charge in [0, 0.05) is 24.0 Å². The standard InChI is InChI=1S/C18H15ClFN3/c19-15-6-2-1-5-13(15)17-21-16-8-7-12(20)11-14(16)18(22-17)23-9-3-4-10-23/h1-2,5-8,11H,3-4,9-10H2. The maximum Gasteiger partial charge on any atom is 0.163 e. The molecule has 1 aromatic heterocycles. The van der Waals surface area contributed by atoms with Gasteiger partial charge in [-0.15, -0.1) is 0 Å². The van der Waals surface area contributed by atoms with Gasteiger partial charge in [-0.25, -0.2) is 14.4 Å².